The molecule has 0 heterocycles. The van der Waals surface area contributed by atoms with Crippen LogP contribution in [-0.2, 0) is 28.7 Å². The molecular formula is C20H36N2O6. The number of nitrogens with one attached hydrogen (secondary N) is 2. The molecule has 2 amide bonds. The molecule has 0 atom stereocenters. The van der Waals surface area contributed by atoms with Gasteiger partial charge in [-0.3, -0.25) is 19.2 Å². The normalized spacial score (nSPS) is 11.7. The van der Waals surface area contributed by atoms with Crippen molar-refractivity contribution in [1.29, 1.82) is 0 Å². The predicted molar refractivity (Wildman–Crippen MR) is 105 cm³/mol. The molecule has 8 heteroatoms. The topological polar surface area (TPSA) is 111 Å². The summed E-state index contributed by atoms with van der Waals surface area (Å²) < 4.78 is 10.2. The van der Waals surface area contributed by atoms with Crippen molar-refractivity contribution in [3.05, 3.63) is 0 Å². The van der Waals surface area contributed by atoms with Gasteiger partial charge in [-0.05, 0) is 0 Å². The van der Waals surface area contributed by atoms with E-state index < -0.39 is 22.8 Å². The molecule has 162 valence electrons. The lowest BCUT2D eigenvalue weighted by Crippen LogP contribution is -2.36. The Morgan fingerprint density at radius 3 is 1.32 bits per heavy atom. The number of rotatable bonds is 10. The van der Waals surface area contributed by atoms with Crippen LogP contribution in [0.5, 0.6) is 0 Å². The van der Waals surface area contributed by atoms with Gasteiger partial charge in [0.2, 0.25) is 11.8 Å². The van der Waals surface area contributed by atoms with Crippen molar-refractivity contribution < 1.29 is 28.7 Å². The molecule has 0 aromatic rings. The standard InChI is InChI=1S/C20H36N2O6/c1-14(12-27-15(23)8-10-21-17(25)19(2,3)4)13-28-16(24)9-11-22-18(26)20(5,6)7/h14H,8-13H2,1-7H3,(H,21,25)(H,22,26). The highest BCUT2D eigenvalue weighted by Gasteiger charge is 2.21. The summed E-state index contributed by atoms with van der Waals surface area (Å²) in [4.78, 5) is 46.7. The maximum Gasteiger partial charge on any atom is 0.307 e. The Labute approximate surface area is 168 Å². The molecule has 28 heavy (non-hydrogen) atoms. The molecule has 0 radical (unpaired) electrons. The molecule has 0 aliphatic carbocycles. The molecule has 8 nitrogen and oxygen atoms in total. The van der Waals surface area contributed by atoms with Crippen molar-refractivity contribution >= 4 is 23.8 Å². The molecule has 0 saturated carbocycles. The quantitative estimate of drug-likeness (QED) is 0.541. The second-order valence-electron chi connectivity index (χ2n) is 8.98. The van der Waals surface area contributed by atoms with Crippen molar-refractivity contribution in [2.45, 2.75) is 61.3 Å². The molecule has 0 aliphatic rings. The first-order chi connectivity index (χ1) is 12.7. The molecule has 0 aromatic carbocycles. The summed E-state index contributed by atoms with van der Waals surface area (Å²) in [5, 5.41) is 5.36. The fourth-order valence-corrected chi connectivity index (χ4v) is 1.75. The van der Waals surface area contributed by atoms with Crippen LogP contribution in [0.1, 0.15) is 61.3 Å². The van der Waals surface area contributed by atoms with Gasteiger partial charge in [-0.1, -0.05) is 48.5 Å². The van der Waals surface area contributed by atoms with Gasteiger partial charge >= 0.3 is 11.9 Å². The summed E-state index contributed by atoms with van der Waals surface area (Å²) in [5.74, 6) is -1.24. The third kappa shape index (κ3) is 12.3. The lowest BCUT2D eigenvalue weighted by atomic mass is 9.96. The van der Waals surface area contributed by atoms with Gasteiger partial charge in [-0.15, -0.1) is 0 Å². The van der Waals surface area contributed by atoms with Crippen LogP contribution < -0.4 is 10.6 Å². The number of hydrogen-bond donors (Lipinski definition) is 2. The molecule has 0 saturated heterocycles. The van der Waals surface area contributed by atoms with Crippen molar-refractivity contribution in [2.24, 2.45) is 16.7 Å². The fourth-order valence-electron chi connectivity index (χ4n) is 1.75. The minimum Gasteiger partial charge on any atom is -0.465 e. The SMILES string of the molecule is CC(COC(=O)CCNC(=O)C(C)(C)C)COC(=O)CCNC(=O)C(C)(C)C. The smallest absolute Gasteiger partial charge is 0.307 e. The van der Waals surface area contributed by atoms with Crippen LogP contribution in [0, 0.1) is 16.7 Å². The maximum atomic E-state index is 11.7. The average molecular weight is 401 g/mol. The van der Waals surface area contributed by atoms with Gasteiger partial charge in [-0.25, -0.2) is 0 Å². The van der Waals surface area contributed by atoms with E-state index >= 15 is 0 Å². The molecule has 0 aromatic heterocycles. The highest BCUT2D eigenvalue weighted by molar-refractivity contribution is 5.82. The first-order valence-electron chi connectivity index (χ1n) is 9.61. The molecular weight excluding hydrogens is 364 g/mol. The predicted octanol–water partition coefficient (Wildman–Crippen LogP) is 1.81. The van der Waals surface area contributed by atoms with Crippen LogP contribution in [0.25, 0.3) is 0 Å². The molecule has 2 N–H and O–H groups in total. The third-order valence-electron chi connectivity index (χ3n) is 3.65. The van der Waals surface area contributed by atoms with Crippen LogP contribution in [0.15, 0.2) is 0 Å². The summed E-state index contributed by atoms with van der Waals surface area (Å²) >= 11 is 0. The Morgan fingerprint density at radius 1 is 0.714 bits per heavy atom. The molecule has 0 rings (SSSR count). The first kappa shape index (κ1) is 25.9. The van der Waals surface area contributed by atoms with Crippen LogP contribution in [0.2, 0.25) is 0 Å². The van der Waals surface area contributed by atoms with E-state index in [1.807, 2.05) is 0 Å². The summed E-state index contributed by atoms with van der Waals surface area (Å²) in [5.41, 5.74) is -1.00. The van der Waals surface area contributed by atoms with Crippen LogP contribution in [0.3, 0.4) is 0 Å². The Hall–Kier alpha value is -2.12. The zero-order chi connectivity index (χ0) is 22.0. The van der Waals surface area contributed by atoms with E-state index in [4.69, 9.17) is 9.47 Å². The van der Waals surface area contributed by atoms with Gasteiger partial charge in [0, 0.05) is 29.8 Å². The van der Waals surface area contributed by atoms with Gasteiger partial charge in [0.15, 0.2) is 0 Å². The van der Waals surface area contributed by atoms with Crippen molar-refractivity contribution in [2.75, 3.05) is 26.3 Å². The number of carbonyl (C=O) groups is 4. The van der Waals surface area contributed by atoms with E-state index in [1.165, 1.54) is 0 Å². The summed E-state index contributed by atoms with van der Waals surface area (Å²) in [6.45, 7) is 13.2. The Balaban J connectivity index is 3.87. The highest BCUT2D eigenvalue weighted by Crippen LogP contribution is 2.13. The second kappa shape index (κ2) is 11.7. The fraction of sp³-hybridized carbons (Fsp3) is 0.800. The van der Waals surface area contributed by atoms with E-state index in [9.17, 15) is 19.2 Å². The lowest BCUT2D eigenvalue weighted by molar-refractivity contribution is -0.148. The zero-order valence-electron chi connectivity index (χ0n) is 18.3. The Kier molecular flexibility index (Phi) is 10.8. The van der Waals surface area contributed by atoms with Crippen LogP contribution >= 0.6 is 0 Å². The molecule has 0 spiro atoms. The van der Waals surface area contributed by atoms with Gasteiger partial charge in [0.05, 0.1) is 26.1 Å². The minimum absolute atomic E-state index is 0.0851. The first-order valence-corrected chi connectivity index (χ1v) is 9.61. The summed E-state index contributed by atoms with van der Waals surface area (Å²) in [7, 11) is 0. The van der Waals surface area contributed by atoms with Gasteiger partial charge in [-0.2, -0.15) is 0 Å². The molecule has 0 fully saturated rings. The van der Waals surface area contributed by atoms with Crippen molar-refractivity contribution in [1.82, 2.24) is 10.6 Å². The minimum atomic E-state index is -0.502. The average Bonchev–Trinajstić information content (AvgIpc) is 2.56. The number of esters is 2. The third-order valence-corrected chi connectivity index (χ3v) is 3.65. The van der Waals surface area contributed by atoms with Gasteiger partial charge in [0.1, 0.15) is 0 Å². The molecule has 0 bridgehead atoms. The van der Waals surface area contributed by atoms with Crippen LogP contribution in [-0.4, -0.2) is 50.1 Å². The van der Waals surface area contributed by atoms with E-state index in [0.29, 0.717) is 0 Å². The van der Waals surface area contributed by atoms with Crippen LogP contribution in [0.4, 0.5) is 0 Å². The highest BCUT2D eigenvalue weighted by atomic mass is 16.5. The molecule has 0 aliphatic heterocycles. The van der Waals surface area contributed by atoms with Crippen molar-refractivity contribution in [3.8, 4) is 0 Å². The number of amides is 2. The Morgan fingerprint density at radius 2 is 1.04 bits per heavy atom. The Bertz CT molecular complexity index is 498. The second-order valence-corrected chi connectivity index (χ2v) is 8.98. The summed E-state index contributed by atoms with van der Waals surface area (Å²) in [6.07, 6.45) is 0.170. The van der Waals surface area contributed by atoms with E-state index in [1.54, 1.807) is 48.5 Å². The number of hydrogen-bond acceptors (Lipinski definition) is 6. The number of carbonyl (C=O) groups excluding carboxylic acids is 4. The summed E-state index contributed by atoms with van der Waals surface area (Å²) in [6, 6.07) is 0. The largest absolute Gasteiger partial charge is 0.465 e. The van der Waals surface area contributed by atoms with Gasteiger partial charge < -0.3 is 20.1 Å². The number of ether oxygens (including phenoxy) is 2. The van der Waals surface area contributed by atoms with E-state index in [2.05, 4.69) is 10.6 Å². The lowest BCUT2D eigenvalue weighted by Gasteiger charge is -2.18. The van der Waals surface area contributed by atoms with Crippen molar-refractivity contribution in [3.63, 3.8) is 0 Å². The monoisotopic (exact) mass is 400 g/mol. The van der Waals surface area contributed by atoms with E-state index in [0.717, 1.165) is 0 Å². The maximum absolute atomic E-state index is 11.7. The van der Waals surface area contributed by atoms with E-state index in [-0.39, 0.29) is 56.9 Å². The van der Waals surface area contributed by atoms with Gasteiger partial charge in [0.25, 0.3) is 0 Å². The zero-order valence-corrected chi connectivity index (χ0v) is 18.3. The molecule has 0 unspecified atom stereocenters.